The number of halogens is 1. The van der Waals surface area contributed by atoms with Crippen LogP contribution in [0.25, 0.3) is 0 Å². The molecule has 1 aromatic carbocycles. The van der Waals surface area contributed by atoms with Crippen molar-refractivity contribution in [2.24, 2.45) is 11.7 Å². The first-order chi connectivity index (χ1) is 14.9. The average molecular weight is 463 g/mol. The summed E-state index contributed by atoms with van der Waals surface area (Å²) in [6, 6.07) is 7.88. The van der Waals surface area contributed by atoms with Crippen molar-refractivity contribution in [1.29, 1.82) is 0 Å². The maximum atomic E-state index is 12.7. The van der Waals surface area contributed by atoms with Gasteiger partial charge in [0.1, 0.15) is 11.5 Å². The van der Waals surface area contributed by atoms with Crippen molar-refractivity contribution < 1.29 is 19.2 Å². The van der Waals surface area contributed by atoms with Crippen LogP contribution in [-0.4, -0.2) is 52.2 Å². The molecule has 1 saturated carbocycles. The van der Waals surface area contributed by atoms with E-state index in [9.17, 15) is 14.7 Å². The molecule has 2 fully saturated rings. The van der Waals surface area contributed by atoms with Crippen LogP contribution in [-0.2, 0) is 11.2 Å². The number of carbonyl (C=O) groups excluding carboxylic acids is 2. The number of likely N-dealkylation sites (tertiary alicyclic amines) is 1. The van der Waals surface area contributed by atoms with Gasteiger partial charge in [-0.1, -0.05) is 17.3 Å². The minimum absolute atomic E-state index is 0. The SMILES string of the molecule is CC(NC(=O)c1cc(C2CC2)on1)C1CCN(C(=O)[C@@H](N)Cc2ccc(O)cc2)CC1.Cl. The lowest BCUT2D eigenvalue weighted by atomic mass is 9.89. The van der Waals surface area contributed by atoms with Gasteiger partial charge in [0.2, 0.25) is 5.91 Å². The van der Waals surface area contributed by atoms with Crippen molar-refractivity contribution >= 4 is 24.2 Å². The van der Waals surface area contributed by atoms with Gasteiger partial charge in [-0.25, -0.2) is 0 Å². The number of benzene rings is 1. The van der Waals surface area contributed by atoms with Gasteiger partial charge in [0.05, 0.1) is 6.04 Å². The Hall–Kier alpha value is -2.58. The van der Waals surface area contributed by atoms with Crippen molar-refractivity contribution in [2.75, 3.05) is 13.1 Å². The second kappa shape index (κ2) is 10.4. The van der Waals surface area contributed by atoms with Gasteiger partial charge in [-0.2, -0.15) is 0 Å². The van der Waals surface area contributed by atoms with E-state index in [2.05, 4.69) is 10.5 Å². The molecule has 2 amide bonds. The average Bonchev–Trinajstić information content (AvgIpc) is 3.51. The first-order valence-corrected chi connectivity index (χ1v) is 11.0. The molecule has 0 radical (unpaired) electrons. The van der Waals surface area contributed by atoms with Crippen LogP contribution in [0.15, 0.2) is 34.9 Å². The number of nitrogens with two attached hydrogens (primary N) is 1. The third-order valence-electron chi connectivity index (χ3n) is 6.37. The van der Waals surface area contributed by atoms with Gasteiger partial charge in [-0.15, -0.1) is 12.4 Å². The molecule has 2 aliphatic rings. The molecule has 174 valence electrons. The number of carbonyl (C=O) groups is 2. The number of amides is 2. The molecular weight excluding hydrogens is 432 g/mol. The summed E-state index contributed by atoms with van der Waals surface area (Å²) in [7, 11) is 0. The summed E-state index contributed by atoms with van der Waals surface area (Å²) in [5.41, 5.74) is 7.40. The quantitative estimate of drug-likeness (QED) is 0.581. The molecule has 4 N–H and O–H groups in total. The standard InChI is InChI=1S/C23H30N4O4.ClH/c1-14(25-22(29)20-13-21(31-26-20)17-4-5-17)16-8-10-27(11-9-16)23(30)19(24)12-15-2-6-18(28)7-3-15;/h2-3,6-7,13-14,16-17,19,28H,4-5,8-12,24H2,1H3,(H,25,29);1H/t14?,19-;/m0./s1. The van der Waals surface area contributed by atoms with Crippen molar-refractivity contribution in [3.05, 3.63) is 47.3 Å². The molecule has 0 bridgehead atoms. The Morgan fingerprint density at radius 1 is 1.22 bits per heavy atom. The van der Waals surface area contributed by atoms with Gasteiger partial charge >= 0.3 is 0 Å². The van der Waals surface area contributed by atoms with E-state index in [4.69, 9.17) is 10.3 Å². The van der Waals surface area contributed by atoms with Gasteiger partial charge in [0, 0.05) is 31.1 Å². The number of hydrogen-bond acceptors (Lipinski definition) is 6. The molecule has 0 spiro atoms. The van der Waals surface area contributed by atoms with E-state index in [0.29, 0.717) is 31.1 Å². The maximum absolute atomic E-state index is 12.7. The summed E-state index contributed by atoms with van der Waals surface area (Å²) < 4.78 is 5.27. The normalized spacial score (nSPS) is 18.5. The molecule has 1 aliphatic heterocycles. The Labute approximate surface area is 193 Å². The van der Waals surface area contributed by atoms with Crippen molar-refractivity contribution in [3.8, 4) is 5.75 Å². The van der Waals surface area contributed by atoms with Crippen LogP contribution >= 0.6 is 12.4 Å². The second-order valence-corrected chi connectivity index (χ2v) is 8.79. The van der Waals surface area contributed by atoms with Gasteiger partial charge in [-0.3, -0.25) is 9.59 Å². The molecule has 4 rings (SSSR count). The summed E-state index contributed by atoms with van der Waals surface area (Å²) in [5.74, 6) is 1.44. The van der Waals surface area contributed by atoms with Crippen molar-refractivity contribution in [2.45, 2.75) is 57.0 Å². The molecule has 1 saturated heterocycles. The van der Waals surface area contributed by atoms with E-state index in [1.165, 1.54) is 0 Å². The zero-order valence-electron chi connectivity index (χ0n) is 18.2. The minimum atomic E-state index is -0.606. The molecule has 32 heavy (non-hydrogen) atoms. The molecule has 9 heteroatoms. The maximum Gasteiger partial charge on any atom is 0.273 e. The predicted molar refractivity (Wildman–Crippen MR) is 122 cm³/mol. The highest BCUT2D eigenvalue weighted by Gasteiger charge is 2.31. The molecule has 2 heterocycles. The topological polar surface area (TPSA) is 122 Å². The lowest BCUT2D eigenvalue weighted by Crippen LogP contribution is -2.50. The molecular formula is C23H31ClN4O4. The smallest absolute Gasteiger partial charge is 0.273 e. The monoisotopic (exact) mass is 462 g/mol. The molecule has 2 aromatic rings. The largest absolute Gasteiger partial charge is 0.508 e. The zero-order chi connectivity index (χ0) is 22.0. The zero-order valence-corrected chi connectivity index (χ0v) is 19.0. The number of aromatic nitrogens is 1. The highest BCUT2D eigenvalue weighted by atomic mass is 35.5. The van der Waals surface area contributed by atoms with Crippen molar-refractivity contribution in [1.82, 2.24) is 15.4 Å². The lowest BCUT2D eigenvalue weighted by Gasteiger charge is -2.36. The molecule has 1 aliphatic carbocycles. The molecule has 2 atom stereocenters. The highest BCUT2D eigenvalue weighted by Crippen LogP contribution is 2.40. The van der Waals surface area contributed by atoms with Crippen LogP contribution < -0.4 is 11.1 Å². The summed E-state index contributed by atoms with van der Waals surface area (Å²) in [6.45, 7) is 3.25. The fourth-order valence-electron chi connectivity index (χ4n) is 4.18. The number of nitrogens with one attached hydrogen (secondary N) is 1. The van der Waals surface area contributed by atoms with Crippen LogP contribution in [0.5, 0.6) is 5.75 Å². The van der Waals surface area contributed by atoms with Crippen LogP contribution in [0.2, 0.25) is 0 Å². The molecule has 1 aromatic heterocycles. The lowest BCUT2D eigenvalue weighted by molar-refractivity contribution is -0.134. The number of aromatic hydroxyl groups is 1. The predicted octanol–water partition coefficient (Wildman–Crippen LogP) is 2.61. The minimum Gasteiger partial charge on any atom is -0.508 e. The fraction of sp³-hybridized carbons (Fsp3) is 0.522. The Morgan fingerprint density at radius 3 is 2.50 bits per heavy atom. The Balaban J connectivity index is 0.00000289. The molecule has 8 nitrogen and oxygen atoms in total. The second-order valence-electron chi connectivity index (χ2n) is 8.79. The van der Waals surface area contributed by atoms with E-state index in [-0.39, 0.29) is 41.9 Å². The van der Waals surface area contributed by atoms with Crippen LogP contribution in [0.1, 0.15) is 60.3 Å². The molecule has 1 unspecified atom stereocenters. The number of piperidine rings is 1. The van der Waals surface area contributed by atoms with E-state index in [0.717, 1.165) is 37.0 Å². The number of phenols is 1. The van der Waals surface area contributed by atoms with E-state index in [1.54, 1.807) is 30.3 Å². The van der Waals surface area contributed by atoms with E-state index >= 15 is 0 Å². The van der Waals surface area contributed by atoms with Crippen LogP contribution in [0.4, 0.5) is 0 Å². The first-order valence-electron chi connectivity index (χ1n) is 11.0. The van der Waals surface area contributed by atoms with Gasteiger partial charge in [0.25, 0.3) is 5.91 Å². The Kier molecular flexibility index (Phi) is 7.79. The third kappa shape index (κ3) is 5.81. The van der Waals surface area contributed by atoms with E-state index in [1.807, 2.05) is 11.8 Å². The van der Waals surface area contributed by atoms with Gasteiger partial charge in [0.15, 0.2) is 5.69 Å². The third-order valence-corrected chi connectivity index (χ3v) is 6.37. The first kappa shape index (κ1) is 24.1. The van der Waals surface area contributed by atoms with Gasteiger partial charge in [-0.05, 0) is 62.6 Å². The summed E-state index contributed by atoms with van der Waals surface area (Å²) >= 11 is 0. The van der Waals surface area contributed by atoms with Crippen LogP contribution in [0.3, 0.4) is 0 Å². The van der Waals surface area contributed by atoms with Crippen LogP contribution in [0, 0.1) is 5.92 Å². The van der Waals surface area contributed by atoms with E-state index < -0.39 is 6.04 Å². The number of hydrogen-bond donors (Lipinski definition) is 3. The highest BCUT2D eigenvalue weighted by molar-refractivity contribution is 5.92. The van der Waals surface area contributed by atoms with Gasteiger partial charge < -0.3 is 25.6 Å². The number of nitrogens with zero attached hydrogens (tertiary/aromatic N) is 2. The Bertz CT molecular complexity index is 920. The summed E-state index contributed by atoms with van der Waals surface area (Å²) in [6.07, 6.45) is 4.26. The summed E-state index contributed by atoms with van der Waals surface area (Å²) in [4.78, 5) is 27.0. The summed E-state index contributed by atoms with van der Waals surface area (Å²) in [5, 5.41) is 16.3. The number of rotatable bonds is 7. The fourth-order valence-corrected chi connectivity index (χ4v) is 4.18. The number of phenolic OH excluding ortho intramolecular Hbond substituents is 1. The van der Waals surface area contributed by atoms with Crippen molar-refractivity contribution in [3.63, 3.8) is 0 Å². The Morgan fingerprint density at radius 2 is 1.88 bits per heavy atom.